The number of nitrogens with zero attached hydrogens (tertiary/aromatic N) is 1. The van der Waals surface area contributed by atoms with E-state index in [1.54, 1.807) is 36.4 Å². The zero-order valence-corrected chi connectivity index (χ0v) is 16.5. The lowest BCUT2D eigenvalue weighted by molar-refractivity contribution is -0.422. The van der Waals surface area contributed by atoms with Crippen LogP contribution >= 0.6 is 31.9 Å². The Labute approximate surface area is 160 Å². The van der Waals surface area contributed by atoms with Crippen molar-refractivity contribution >= 4 is 43.9 Å². The average Bonchev–Trinajstić information content (AvgIpc) is 2.57. The molecule has 0 aliphatic heterocycles. The standard InChI is InChI=1S/C17H13Br2NO5/c1-10(20(22)23)7-12-8-13(18)9-15(19)16(12)25-17(21)11-3-5-14(24-2)6-4-11/h3-9H,1-2H3/b10-7+. The molecule has 0 radical (unpaired) electrons. The summed E-state index contributed by atoms with van der Waals surface area (Å²) in [4.78, 5) is 22.7. The van der Waals surface area contributed by atoms with Crippen LogP contribution in [0, 0.1) is 10.1 Å². The van der Waals surface area contributed by atoms with Gasteiger partial charge in [-0.25, -0.2) is 4.79 Å². The van der Waals surface area contributed by atoms with Gasteiger partial charge in [-0.05, 0) is 52.3 Å². The fraction of sp³-hybridized carbons (Fsp3) is 0.118. The number of hydrogen-bond acceptors (Lipinski definition) is 5. The van der Waals surface area contributed by atoms with Crippen molar-refractivity contribution in [3.8, 4) is 11.5 Å². The first-order valence-electron chi connectivity index (χ1n) is 6.99. The number of benzene rings is 2. The fourth-order valence-corrected chi connectivity index (χ4v) is 3.29. The molecule has 0 amide bonds. The van der Waals surface area contributed by atoms with Crippen LogP contribution in [0.4, 0.5) is 0 Å². The molecule has 0 spiro atoms. The van der Waals surface area contributed by atoms with E-state index in [4.69, 9.17) is 9.47 Å². The number of rotatable bonds is 5. The van der Waals surface area contributed by atoms with Gasteiger partial charge in [0.1, 0.15) is 5.75 Å². The summed E-state index contributed by atoms with van der Waals surface area (Å²) in [6.45, 7) is 1.36. The predicted molar refractivity (Wildman–Crippen MR) is 100 cm³/mol. The Bertz CT molecular complexity index is 847. The molecule has 2 rings (SSSR count). The van der Waals surface area contributed by atoms with Gasteiger partial charge in [-0.1, -0.05) is 15.9 Å². The second-order valence-electron chi connectivity index (χ2n) is 4.97. The molecular formula is C17H13Br2NO5. The van der Waals surface area contributed by atoms with Gasteiger partial charge in [0.15, 0.2) is 5.75 Å². The highest BCUT2D eigenvalue weighted by atomic mass is 79.9. The molecule has 0 aromatic heterocycles. The highest BCUT2D eigenvalue weighted by Gasteiger charge is 2.17. The lowest BCUT2D eigenvalue weighted by atomic mass is 10.1. The van der Waals surface area contributed by atoms with E-state index in [0.717, 1.165) is 0 Å². The number of halogens is 2. The number of nitro groups is 1. The first-order valence-corrected chi connectivity index (χ1v) is 8.58. The van der Waals surface area contributed by atoms with Crippen molar-refractivity contribution in [1.29, 1.82) is 0 Å². The van der Waals surface area contributed by atoms with Crippen LogP contribution in [0.3, 0.4) is 0 Å². The van der Waals surface area contributed by atoms with Crippen LogP contribution in [0.5, 0.6) is 11.5 Å². The molecule has 2 aromatic rings. The van der Waals surface area contributed by atoms with E-state index in [0.29, 0.717) is 25.8 Å². The van der Waals surface area contributed by atoms with Crippen molar-refractivity contribution in [3.63, 3.8) is 0 Å². The van der Waals surface area contributed by atoms with E-state index in [2.05, 4.69) is 31.9 Å². The van der Waals surface area contributed by atoms with Crippen LogP contribution < -0.4 is 9.47 Å². The maximum absolute atomic E-state index is 12.4. The van der Waals surface area contributed by atoms with Gasteiger partial charge in [0.2, 0.25) is 5.70 Å². The van der Waals surface area contributed by atoms with Gasteiger partial charge in [-0.3, -0.25) is 10.1 Å². The first kappa shape index (κ1) is 19.1. The Kier molecular flexibility index (Phi) is 6.33. The van der Waals surface area contributed by atoms with Crippen LogP contribution in [0.25, 0.3) is 6.08 Å². The Morgan fingerprint density at radius 2 is 1.84 bits per heavy atom. The topological polar surface area (TPSA) is 78.7 Å². The minimum Gasteiger partial charge on any atom is -0.497 e. The van der Waals surface area contributed by atoms with E-state index in [-0.39, 0.29) is 11.4 Å². The molecule has 0 aliphatic rings. The Morgan fingerprint density at radius 3 is 2.40 bits per heavy atom. The average molecular weight is 471 g/mol. The summed E-state index contributed by atoms with van der Waals surface area (Å²) in [5, 5.41) is 10.9. The summed E-state index contributed by atoms with van der Waals surface area (Å²) in [6, 6.07) is 9.76. The van der Waals surface area contributed by atoms with Gasteiger partial charge in [-0.15, -0.1) is 0 Å². The van der Waals surface area contributed by atoms with E-state index < -0.39 is 10.9 Å². The summed E-state index contributed by atoms with van der Waals surface area (Å²) in [5.74, 6) is 0.232. The summed E-state index contributed by atoms with van der Waals surface area (Å²) in [7, 11) is 1.53. The predicted octanol–water partition coefficient (Wildman–Crippen LogP) is 5.08. The fourth-order valence-electron chi connectivity index (χ4n) is 1.95. The molecule has 8 heteroatoms. The number of allylic oxidation sites excluding steroid dienone is 1. The van der Waals surface area contributed by atoms with E-state index in [1.807, 2.05) is 0 Å². The van der Waals surface area contributed by atoms with Gasteiger partial charge in [0.05, 0.1) is 22.1 Å². The zero-order valence-electron chi connectivity index (χ0n) is 13.3. The maximum Gasteiger partial charge on any atom is 0.343 e. The van der Waals surface area contributed by atoms with Crippen LogP contribution in [0.1, 0.15) is 22.8 Å². The molecule has 0 aliphatic carbocycles. The number of carbonyl (C=O) groups excluding carboxylic acids is 1. The molecule has 6 nitrogen and oxygen atoms in total. The SMILES string of the molecule is COc1ccc(C(=O)Oc2c(Br)cc(Br)cc2/C=C(\C)[N+](=O)[O-])cc1. The molecular weight excluding hydrogens is 458 g/mol. The number of hydrogen-bond donors (Lipinski definition) is 0. The van der Waals surface area contributed by atoms with E-state index in [9.17, 15) is 14.9 Å². The highest BCUT2D eigenvalue weighted by molar-refractivity contribution is 9.11. The van der Waals surface area contributed by atoms with Crippen LogP contribution in [0.2, 0.25) is 0 Å². The first-order chi connectivity index (χ1) is 11.8. The van der Waals surface area contributed by atoms with Crippen molar-refractivity contribution in [2.45, 2.75) is 6.92 Å². The van der Waals surface area contributed by atoms with Gasteiger partial charge in [0, 0.05) is 23.0 Å². The Hall–Kier alpha value is -2.19. The zero-order chi connectivity index (χ0) is 18.6. The summed E-state index contributed by atoms with van der Waals surface area (Å²) < 4.78 is 11.7. The third-order valence-electron chi connectivity index (χ3n) is 3.21. The van der Waals surface area contributed by atoms with Gasteiger partial charge in [-0.2, -0.15) is 0 Å². The van der Waals surface area contributed by atoms with Crippen LogP contribution in [-0.2, 0) is 0 Å². The van der Waals surface area contributed by atoms with Crippen LogP contribution in [-0.4, -0.2) is 18.0 Å². The number of ether oxygens (including phenoxy) is 2. The van der Waals surface area contributed by atoms with Crippen molar-refractivity contribution in [1.82, 2.24) is 0 Å². The highest BCUT2D eigenvalue weighted by Crippen LogP contribution is 2.35. The Morgan fingerprint density at radius 1 is 1.20 bits per heavy atom. The normalized spacial score (nSPS) is 11.1. The largest absolute Gasteiger partial charge is 0.497 e. The van der Waals surface area contributed by atoms with Gasteiger partial charge in [0.25, 0.3) is 0 Å². The van der Waals surface area contributed by atoms with Crippen molar-refractivity contribution < 1.29 is 19.2 Å². The molecule has 25 heavy (non-hydrogen) atoms. The van der Waals surface area contributed by atoms with E-state index in [1.165, 1.54) is 20.1 Å². The van der Waals surface area contributed by atoms with E-state index >= 15 is 0 Å². The minimum atomic E-state index is -0.584. The molecule has 0 bridgehead atoms. The number of carbonyl (C=O) groups is 1. The molecule has 130 valence electrons. The molecule has 0 fully saturated rings. The summed E-state index contributed by atoms with van der Waals surface area (Å²) in [5.41, 5.74) is 0.653. The molecule has 2 aromatic carbocycles. The minimum absolute atomic E-state index is 0.0771. The smallest absolute Gasteiger partial charge is 0.343 e. The molecule has 0 atom stereocenters. The molecule has 0 saturated carbocycles. The monoisotopic (exact) mass is 469 g/mol. The molecule has 0 saturated heterocycles. The molecule has 0 N–H and O–H groups in total. The quantitative estimate of drug-likeness (QED) is 0.263. The number of methoxy groups -OCH3 is 1. The lowest BCUT2D eigenvalue weighted by Crippen LogP contribution is -2.10. The van der Waals surface area contributed by atoms with Crippen molar-refractivity contribution in [2.75, 3.05) is 7.11 Å². The van der Waals surface area contributed by atoms with Crippen molar-refractivity contribution in [2.24, 2.45) is 0 Å². The molecule has 0 heterocycles. The molecule has 0 unspecified atom stereocenters. The maximum atomic E-state index is 12.4. The van der Waals surface area contributed by atoms with Gasteiger partial charge >= 0.3 is 5.97 Å². The lowest BCUT2D eigenvalue weighted by Gasteiger charge is -2.11. The second kappa shape index (κ2) is 8.26. The Balaban J connectivity index is 2.39. The summed E-state index contributed by atoms with van der Waals surface area (Å²) in [6.07, 6.45) is 1.34. The summed E-state index contributed by atoms with van der Waals surface area (Å²) >= 11 is 6.64. The third-order valence-corrected chi connectivity index (χ3v) is 4.26. The second-order valence-corrected chi connectivity index (χ2v) is 6.74. The van der Waals surface area contributed by atoms with Crippen molar-refractivity contribution in [3.05, 3.63) is 72.3 Å². The number of esters is 1. The van der Waals surface area contributed by atoms with Gasteiger partial charge < -0.3 is 9.47 Å². The third kappa shape index (κ3) is 4.90. The van der Waals surface area contributed by atoms with Crippen LogP contribution in [0.15, 0.2) is 51.0 Å².